The summed E-state index contributed by atoms with van der Waals surface area (Å²) in [7, 11) is 1.80. The number of nitrogens with one attached hydrogen (secondary N) is 2. The predicted octanol–water partition coefficient (Wildman–Crippen LogP) is 0.608. The van der Waals surface area contributed by atoms with Crippen molar-refractivity contribution in [3.8, 4) is 0 Å². The van der Waals surface area contributed by atoms with Crippen LogP contribution in [-0.2, 0) is 16.8 Å². The third-order valence-corrected chi connectivity index (χ3v) is 2.87. The Balaban J connectivity index is 2.32. The average molecular weight is 220 g/mol. The lowest BCUT2D eigenvalue weighted by Crippen LogP contribution is -2.33. The number of aliphatic hydroxyl groups is 1. The molecule has 0 bridgehead atoms. The molecule has 86 valence electrons. The molecule has 0 fully saturated rings. The summed E-state index contributed by atoms with van der Waals surface area (Å²) in [6.07, 6.45) is 0.402. The maximum Gasteiger partial charge on any atom is 0.228 e. The largest absolute Gasteiger partial charge is 0.384 e. The van der Waals surface area contributed by atoms with Gasteiger partial charge in [-0.15, -0.1) is 0 Å². The van der Waals surface area contributed by atoms with Crippen molar-refractivity contribution in [2.45, 2.75) is 18.9 Å². The Labute approximate surface area is 94.7 Å². The number of hydrogen-bond donors (Lipinski definition) is 3. The minimum absolute atomic E-state index is 0.0143. The zero-order valence-corrected chi connectivity index (χ0v) is 9.50. The normalized spacial score (nSPS) is 17.8. The molecule has 0 saturated heterocycles. The van der Waals surface area contributed by atoms with E-state index in [1.807, 2.05) is 18.2 Å². The second kappa shape index (κ2) is 3.88. The Morgan fingerprint density at radius 1 is 1.56 bits per heavy atom. The van der Waals surface area contributed by atoms with E-state index >= 15 is 0 Å². The molecule has 3 N–H and O–H groups in total. The monoisotopic (exact) mass is 220 g/mol. The lowest BCUT2D eigenvalue weighted by atomic mass is 9.93. The fourth-order valence-corrected chi connectivity index (χ4v) is 2.01. The van der Waals surface area contributed by atoms with Crippen LogP contribution >= 0.6 is 0 Å². The highest BCUT2D eigenvalue weighted by Crippen LogP contribution is 2.28. The zero-order valence-electron chi connectivity index (χ0n) is 9.50. The molecule has 1 aromatic rings. The van der Waals surface area contributed by atoms with Gasteiger partial charge in [0.1, 0.15) is 0 Å². The van der Waals surface area contributed by atoms with Crippen LogP contribution < -0.4 is 10.6 Å². The van der Waals surface area contributed by atoms with Crippen LogP contribution in [0.5, 0.6) is 0 Å². The highest BCUT2D eigenvalue weighted by Gasteiger charge is 2.25. The van der Waals surface area contributed by atoms with E-state index in [0.717, 1.165) is 16.8 Å². The number of benzene rings is 1. The van der Waals surface area contributed by atoms with E-state index in [1.54, 1.807) is 14.0 Å². The van der Waals surface area contributed by atoms with Gasteiger partial charge in [0.15, 0.2) is 0 Å². The summed E-state index contributed by atoms with van der Waals surface area (Å²) in [6, 6.07) is 5.59. The second-order valence-electron chi connectivity index (χ2n) is 4.40. The molecular formula is C12H16N2O2. The van der Waals surface area contributed by atoms with E-state index in [2.05, 4.69) is 10.6 Å². The maximum atomic E-state index is 11.2. The summed E-state index contributed by atoms with van der Waals surface area (Å²) in [5.41, 5.74) is 1.74. The van der Waals surface area contributed by atoms with E-state index in [4.69, 9.17) is 0 Å². The van der Waals surface area contributed by atoms with E-state index in [0.29, 0.717) is 13.0 Å². The van der Waals surface area contributed by atoms with Crippen molar-refractivity contribution < 1.29 is 9.90 Å². The maximum absolute atomic E-state index is 11.2. The Morgan fingerprint density at radius 3 is 3.00 bits per heavy atom. The van der Waals surface area contributed by atoms with Crippen LogP contribution in [0.3, 0.4) is 0 Å². The van der Waals surface area contributed by atoms with Crippen molar-refractivity contribution in [2.75, 3.05) is 18.9 Å². The number of rotatable bonds is 3. The molecule has 1 aliphatic heterocycles. The molecule has 1 heterocycles. The Morgan fingerprint density at radius 2 is 2.31 bits per heavy atom. The number of fused-ring (bicyclic) bond motifs is 1. The molecular weight excluding hydrogens is 204 g/mol. The highest BCUT2D eigenvalue weighted by atomic mass is 16.3. The standard InChI is InChI=1S/C12H16N2O2/c1-12(16,7-13-2)9-3-4-10-8(5-9)6-11(15)14-10/h3-5,13,16H,6-7H2,1-2H3,(H,14,15). The minimum Gasteiger partial charge on any atom is -0.384 e. The lowest BCUT2D eigenvalue weighted by Gasteiger charge is -2.24. The van der Waals surface area contributed by atoms with E-state index < -0.39 is 5.60 Å². The third kappa shape index (κ3) is 1.94. The van der Waals surface area contributed by atoms with Crippen molar-refractivity contribution in [1.29, 1.82) is 0 Å². The number of anilines is 1. The molecule has 1 atom stereocenters. The molecule has 4 heteroatoms. The zero-order chi connectivity index (χ0) is 11.8. The smallest absolute Gasteiger partial charge is 0.228 e. The summed E-state index contributed by atoms with van der Waals surface area (Å²) < 4.78 is 0. The molecule has 0 saturated carbocycles. The summed E-state index contributed by atoms with van der Waals surface area (Å²) in [6.45, 7) is 2.24. The Kier molecular flexibility index (Phi) is 2.69. The van der Waals surface area contributed by atoms with Gasteiger partial charge < -0.3 is 15.7 Å². The van der Waals surface area contributed by atoms with Crippen molar-refractivity contribution in [1.82, 2.24) is 5.32 Å². The van der Waals surface area contributed by atoms with Gasteiger partial charge in [-0.1, -0.05) is 12.1 Å². The highest BCUT2D eigenvalue weighted by molar-refractivity contribution is 5.99. The molecule has 1 amide bonds. The van der Waals surface area contributed by atoms with Crippen molar-refractivity contribution in [3.05, 3.63) is 29.3 Å². The van der Waals surface area contributed by atoms with Gasteiger partial charge in [-0.2, -0.15) is 0 Å². The SMILES string of the molecule is CNCC(C)(O)c1ccc2c(c1)CC(=O)N2. The van der Waals surface area contributed by atoms with Crippen LogP contribution in [0.2, 0.25) is 0 Å². The molecule has 1 unspecified atom stereocenters. The number of likely N-dealkylation sites (N-methyl/N-ethyl adjacent to an activating group) is 1. The molecule has 4 nitrogen and oxygen atoms in total. The number of carbonyl (C=O) groups excluding carboxylic acids is 1. The molecule has 0 spiro atoms. The molecule has 0 aromatic heterocycles. The van der Waals surface area contributed by atoms with Crippen LogP contribution in [0.25, 0.3) is 0 Å². The van der Waals surface area contributed by atoms with Gasteiger partial charge in [0.2, 0.25) is 5.91 Å². The first-order valence-electron chi connectivity index (χ1n) is 5.33. The number of hydrogen-bond acceptors (Lipinski definition) is 3. The molecule has 0 aliphatic carbocycles. The molecule has 16 heavy (non-hydrogen) atoms. The molecule has 2 rings (SSSR count). The fourth-order valence-electron chi connectivity index (χ4n) is 2.01. The quantitative estimate of drug-likeness (QED) is 0.699. The topological polar surface area (TPSA) is 61.4 Å². The van der Waals surface area contributed by atoms with Gasteiger partial charge in [0.25, 0.3) is 0 Å². The Hall–Kier alpha value is -1.39. The van der Waals surface area contributed by atoms with Gasteiger partial charge in [0.05, 0.1) is 12.0 Å². The fraction of sp³-hybridized carbons (Fsp3) is 0.417. The van der Waals surface area contributed by atoms with Crippen molar-refractivity contribution in [2.24, 2.45) is 0 Å². The van der Waals surface area contributed by atoms with E-state index in [9.17, 15) is 9.90 Å². The summed E-state index contributed by atoms with van der Waals surface area (Å²) in [5, 5.41) is 15.9. The number of carbonyl (C=O) groups is 1. The molecule has 0 radical (unpaired) electrons. The van der Waals surface area contributed by atoms with Gasteiger partial charge in [-0.25, -0.2) is 0 Å². The van der Waals surface area contributed by atoms with Crippen LogP contribution in [0.1, 0.15) is 18.1 Å². The summed E-state index contributed by atoms with van der Waals surface area (Å²) >= 11 is 0. The summed E-state index contributed by atoms with van der Waals surface area (Å²) in [4.78, 5) is 11.2. The van der Waals surface area contributed by atoms with E-state index in [-0.39, 0.29) is 5.91 Å². The van der Waals surface area contributed by atoms with Crippen molar-refractivity contribution in [3.63, 3.8) is 0 Å². The van der Waals surface area contributed by atoms with Gasteiger partial charge in [-0.3, -0.25) is 4.79 Å². The van der Waals surface area contributed by atoms with Crippen molar-refractivity contribution >= 4 is 11.6 Å². The second-order valence-corrected chi connectivity index (χ2v) is 4.40. The third-order valence-electron chi connectivity index (χ3n) is 2.87. The first kappa shape index (κ1) is 11.1. The first-order valence-corrected chi connectivity index (χ1v) is 5.33. The molecule has 1 aliphatic rings. The first-order chi connectivity index (χ1) is 7.53. The van der Waals surface area contributed by atoms with Crippen LogP contribution in [-0.4, -0.2) is 24.6 Å². The van der Waals surface area contributed by atoms with Gasteiger partial charge in [0, 0.05) is 12.2 Å². The molecule has 1 aromatic carbocycles. The van der Waals surface area contributed by atoms with Crippen LogP contribution in [0.4, 0.5) is 5.69 Å². The minimum atomic E-state index is -0.907. The van der Waals surface area contributed by atoms with E-state index in [1.165, 1.54) is 0 Å². The van der Waals surface area contributed by atoms with Gasteiger partial charge in [-0.05, 0) is 31.2 Å². The van der Waals surface area contributed by atoms with Crippen LogP contribution in [0.15, 0.2) is 18.2 Å². The summed E-state index contributed by atoms with van der Waals surface area (Å²) in [5.74, 6) is 0.0143. The number of amides is 1. The van der Waals surface area contributed by atoms with Gasteiger partial charge >= 0.3 is 0 Å². The average Bonchev–Trinajstić information content (AvgIpc) is 2.56. The lowest BCUT2D eigenvalue weighted by molar-refractivity contribution is -0.115. The Bertz CT molecular complexity index is 427. The van der Waals surface area contributed by atoms with Crippen LogP contribution in [0, 0.1) is 0 Å². The predicted molar refractivity (Wildman–Crippen MR) is 62.3 cm³/mol.